The van der Waals surface area contributed by atoms with Gasteiger partial charge in [0.25, 0.3) is 5.91 Å². The van der Waals surface area contributed by atoms with Crippen molar-refractivity contribution in [2.24, 2.45) is 0 Å². The number of nitrogens with one attached hydrogen (secondary N) is 1. The number of alkyl halides is 3. The molecule has 0 radical (unpaired) electrons. The van der Waals surface area contributed by atoms with Gasteiger partial charge in [-0.25, -0.2) is 8.78 Å². The summed E-state index contributed by atoms with van der Waals surface area (Å²) in [6.07, 6.45) is -4.55. The van der Waals surface area contributed by atoms with E-state index in [2.05, 4.69) is 5.32 Å². The van der Waals surface area contributed by atoms with Crippen molar-refractivity contribution < 1.29 is 26.7 Å². The lowest BCUT2D eigenvalue weighted by atomic mass is 10.1. The van der Waals surface area contributed by atoms with Crippen LogP contribution in [0.15, 0.2) is 42.5 Å². The van der Waals surface area contributed by atoms with Gasteiger partial charge in [0.1, 0.15) is 0 Å². The fraction of sp³-hybridized carbons (Fsp3) is 0.188. The molecule has 122 valence electrons. The van der Waals surface area contributed by atoms with Crippen LogP contribution >= 0.6 is 0 Å². The van der Waals surface area contributed by atoms with E-state index in [1.807, 2.05) is 0 Å². The summed E-state index contributed by atoms with van der Waals surface area (Å²) in [6, 6.07) is 6.37. The van der Waals surface area contributed by atoms with Crippen molar-refractivity contribution >= 4 is 5.91 Å². The minimum atomic E-state index is -4.55. The van der Waals surface area contributed by atoms with Crippen LogP contribution in [0.2, 0.25) is 0 Å². The van der Waals surface area contributed by atoms with E-state index in [-0.39, 0.29) is 5.56 Å². The van der Waals surface area contributed by atoms with Crippen molar-refractivity contribution in [2.45, 2.75) is 19.1 Å². The van der Waals surface area contributed by atoms with Gasteiger partial charge in [0, 0.05) is 5.56 Å². The molecule has 7 heteroatoms. The van der Waals surface area contributed by atoms with Crippen molar-refractivity contribution in [3.05, 3.63) is 70.8 Å². The Balaban J connectivity index is 2.16. The number of benzene rings is 2. The molecule has 0 aliphatic rings. The van der Waals surface area contributed by atoms with Crippen LogP contribution in [0.25, 0.3) is 0 Å². The lowest BCUT2D eigenvalue weighted by Crippen LogP contribution is -2.27. The fourth-order valence-electron chi connectivity index (χ4n) is 1.98. The van der Waals surface area contributed by atoms with E-state index in [9.17, 15) is 26.7 Å². The van der Waals surface area contributed by atoms with Crippen molar-refractivity contribution in [1.29, 1.82) is 0 Å². The van der Waals surface area contributed by atoms with Crippen LogP contribution in [-0.2, 0) is 6.18 Å². The van der Waals surface area contributed by atoms with Gasteiger partial charge >= 0.3 is 6.18 Å². The largest absolute Gasteiger partial charge is 0.416 e. The maximum absolute atomic E-state index is 13.2. The van der Waals surface area contributed by atoms with E-state index in [0.29, 0.717) is 5.56 Å². The highest BCUT2D eigenvalue weighted by Gasteiger charge is 2.31. The van der Waals surface area contributed by atoms with Crippen LogP contribution in [0.4, 0.5) is 22.0 Å². The van der Waals surface area contributed by atoms with Crippen LogP contribution in [-0.4, -0.2) is 5.91 Å². The molecular formula is C16H12F5NO. The second kappa shape index (κ2) is 6.36. The molecule has 1 atom stereocenters. The molecule has 0 saturated heterocycles. The molecule has 0 spiro atoms. The number of amides is 1. The van der Waals surface area contributed by atoms with Crippen LogP contribution < -0.4 is 5.32 Å². The van der Waals surface area contributed by atoms with E-state index in [1.54, 1.807) is 0 Å². The van der Waals surface area contributed by atoms with E-state index >= 15 is 0 Å². The summed E-state index contributed by atoms with van der Waals surface area (Å²) in [4.78, 5) is 12.0. The number of carbonyl (C=O) groups excluding carboxylic acids is 1. The number of halogens is 5. The quantitative estimate of drug-likeness (QED) is 0.827. The molecule has 1 amide bonds. The average molecular weight is 329 g/mol. The molecule has 1 unspecified atom stereocenters. The van der Waals surface area contributed by atoms with E-state index in [1.165, 1.54) is 19.1 Å². The van der Waals surface area contributed by atoms with Gasteiger partial charge in [-0.1, -0.05) is 12.1 Å². The van der Waals surface area contributed by atoms with Crippen molar-refractivity contribution in [3.63, 3.8) is 0 Å². The first-order chi connectivity index (χ1) is 10.7. The van der Waals surface area contributed by atoms with Crippen molar-refractivity contribution in [1.82, 2.24) is 5.32 Å². The maximum Gasteiger partial charge on any atom is 0.416 e. The van der Waals surface area contributed by atoms with Gasteiger partial charge in [-0.2, -0.15) is 13.2 Å². The van der Waals surface area contributed by atoms with Gasteiger partial charge in [0.05, 0.1) is 11.6 Å². The van der Waals surface area contributed by atoms with Gasteiger partial charge in [0.2, 0.25) is 0 Å². The highest BCUT2D eigenvalue weighted by Crippen LogP contribution is 2.29. The Bertz CT molecular complexity index is 727. The SMILES string of the molecule is CC(NC(=O)c1cccc(C(F)(F)F)c1)c1ccc(F)c(F)c1. The molecule has 2 aromatic carbocycles. The molecule has 0 bridgehead atoms. The summed E-state index contributed by atoms with van der Waals surface area (Å²) >= 11 is 0. The zero-order valence-electron chi connectivity index (χ0n) is 11.9. The van der Waals surface area contributed by atoms with Crippen LogP contribution in [0.1, 0.15) is 34.5 Å². The Labute approximate surface area is 128 Å². The van der Waals surface area contributed by atoms with Gasteiger partial charge in [-0.15, -0.1) is 0 Å². The molecule has 23 heavy (non-hydrogen) atoms. The minimum Gasteiger partial charge on any atom is -0.346 e. The molecule has 0 aliphatic carbocycles. The predicted octanol–water partition coefficient (Wildman–Crippen LogP) is 4.47. The lowest BCUT2D eigenvalue weighted by Gasteiger charge is -2.15. The first-order valence-corrected chi connectivity index (χ1v) is 6.61. The molecule has 0 heterocycles. The monoisotopic (exact) mass is 329 g/mol. The summed E-state index contributed by atoms with van der Waals surface area (Å²) in [5, 5.41) is 2.44. The zero-order chi connectivity index (χ0) is 17.2. The maximum atomic E-state index is 13.2. The zero-order valence-corrected chi connectivity index (χ0v) is 11.9. The Hall–Kier alpha value is -2.44. The normalized spacial score (nSPS) is 12.8. The summed E-state index contributed by atoms with van der Waals surface area (Å²) in [5.74, 6) is -2.83. The third-order valence-electron chi connectivity index (χ3n) is 3.24. The first-order valence-electron chi connectivity index (χ1n) is 6.61. The van der Waals surface area contributed by atoms with Gasteiger partial charge < -0.3 is 5.32 Å². The predicted molar refractivity (Wildman–Crippen MR) is 73.7 cm³/mol. The highest BCUT2D eigenvalue weighted by atomic mass is 19.4. The Morgan fingerprint density at radius 2 is 1.74 bits per heavy atom. The van der Waals surface area contributed by atoms with Gasteiger partial charge in [-0.3, -0.25) is 4.79 Å². The summed E-state index contributed by atoms with van der Waals surface area (Å²) in [7, 11) is 0. The van der Waals surface area contributed by atoms with E-state index in [4.69, 9.17) is 0 Å². The number of hydrogen-bond acceptors (Lipinski definition) is 1. The van der Waals surface area contributed by atoms with E-state index in [0.717, 1.165) is 30.3 Å². The Morgan fingerprint density at radius 1 is 1.04 bits per heavy atom. The third kappa shape index (κ3) is 4.06. The lowest BCUT2D eigenvalue weighted by molar-refractivity contribution is -0.137. The summed E-state index contributed by atoms with van der Waals surface area (Å²) in [5.41, 5.74) is -0.816. The Morgan fingerprint density at radius 3 is 2.35 bits per heavy atom. The molecule has 1 N–H and O–H groups in total. The smallest absolute Gasteiger partial charge is 0.346 e. The fourth-order valence-corrected chi connectivity index (χ4v) is 1.98. The number of hydrogen-bond donors (Lipinski definition) is 1. The number of carbonyl (C=O) groups is 1. The van der Waals surface area contributed by atoms with E-state index < -0.39 is 35.3 Å². The summed E-state index contributed by atoms with van der Waals surface area (Å²) in [6.45, 7) is 1.51. The second-order valence-corrected chi connectivity index (χ2v) is 4.95. The molecule has 2 nitrogen and oxygen atoms in total. The standard InChI is InChI=1S/C16H12F5NO/c1-9(10-5-6-13(17)14(18)8-10)22-15(23)11-3-2-4-12(7-11)16(19,20)21/h2-9H,1H3,(H,22,23). The molecule has 2 rings (SSSR count). The van der Waals surface area contributed by atoms with Crippen LogP contribution in [0, 0.1) is 11.6 Å². The van der Waals surface area contributed by atoms with Gasteiger partial charge in [0.15, 0.2) is 11.6 Å². The second-order valence-electron chi connectivity index (χ2n) is 4.95. The van der Waals surface area contributed by atoms with Crippen LogP contribution in [0.3, 0.4) is 0 Å². The molecule has 0 fully saturated rings. The van der Waals surface area contributed by atoms with Crippen molar-refractivity contribution in [3.8, 4) is 0 Å². The molecule has 0 saturated carbocycles. The van der Waals surface area contributed by atoms with Crippen LogP contribution in [0.5, 0.6) is 0 Å². The first kappa shape index (κ1) is 16.9. The molecular weight excluding hydrogens is 317 g/mol. The molecule has 0 aliphatic heterocycles. The average Bonchev–Trinajstić information content (AvgIpc) is 2.49. The topological polar surface area (TPSA) is 29.1 Å². The Kier molecular flexibility index (Phi) is 4.68. The third-order valence-corrected chi connectivity index (χ3v) is 3.24. The number of rotatable bonds is 3. The van der Waals surface area contributed by atoms with Gasteiger partial charge in [-0.05, 0) is 42.8 Å². The minimum absolute atomic E-state index is 0.172. The highest BCUT2D eigenvalue weighted by molar-refractivity contribution is 5.94. The van der Waals surface area contributed by atoms with Crippen molar-refractivity contribution in [2.75, 3.05) is 0 Å². The molecule has 0 aromatic heterocycles. The molecule has 2 aromatic rings. The summed E-state index contributed by atoms with van der Waals surface area (Å²) < 4.78 is 63.9.